The second kappa shape index (κ2) is 5.05. The SMILES string of the molecule is C=C(C)Oc1ncc(-c2c[nH]c3cc(F)ccc23)cc1C. The molecule has 1 aromatic carbocycles. The number of hydrogen-bond acceptors (Lipinski definition) is 2. The third-order valence-electron chi connectivity index (χ3n) is 3.26. The third-order valence-corrected chi connectivity index (χ3v) is 3.26. The molecule has 0 aliphatic heterocycles. The molecule has 0 aliphatic rings. The van der Waals surface area contributed by atoms with E-state index in [-0.39, 0.29) is 5.82 Å². The molecule has 0 saturated carbocycles. The fraction of sp³-hybridized carbons (Fsp3) is 0.118. The van der Waals surface area contributed by atoms with Crippen LogP contribution in [0.2, 0.25) is 0 Å². The quantitative estimate of drug-likeness (QED) is 0.713. The van der Waals surface area contributed by atoms with Gasteiger partial charge < -0.3 is 9.72 Å². The van der Waals surface area contributed by atoms with Crippen LogP contribution in [0.1, 0.15) is 12.5 Å². The summed E-state index contributed by atoms with van der Waals surface area (Å²) in [6.07, 6.45) is 3.61. The zero-order valence-electron chi connectivity index (χ0n) is 11.9. The van der Waals surface area contributed by atoms with Crippen molar-refractivity contribution in [1.29, 1.82) is 0 Å². The molecule has 3 rings (SSSR count). The molecule has 0 unspecified atom stereocenters. The maximum absolute atomic E-state index is 13.2. The van der Waals surface area contributed by atoms with Gasteiger partial charge in [-0.2, -0.15) is 0 Å². The Morgan fingerprint density at radius 1 is 1.33 bits per heavy atom. The molecular weight excluding hydrogens is 267 g/mol. The smallest absolute Gasteiger partial charge is 0.221 e. The summed E-state index contributed by atoms with van der Waals surface area (Å²) in [6, 6.07) is 6.71. The Kier molecular flexibility index (Phi) is 3.22. The van der Waals surface area contributed by atoms with Gasteiger partial charge in [-0.25, -0.2) is 9.37 Å². The Morgan fingerprint density at radius 2 is 2.14 bits per heavy atom. The van der Waals surface area contributed by atoms with Gasteiger partial charge in [-0.1, -0.05) is 6.58 Å². The summed E-state index contributed by atoms with van der Waals surface area (Å²) in [6.45, 7) is 7.43. The average Bonchev–Trinajstić information content (AvgIpc) is 2.83. The molecule has 2 aromatic heterocycles. The highest BCUT2D eigenvalue weighted by Crippen LogP contribution is 2.30. The zero-order valence-corrected chi connectivity index (χ0v) is 11.9. The van der Waals surface area contributed by atoms with Crippen molar-refractivity contribution in [3.8, 4) is 17.0 Å². The third kappa shape index (κ3) is 2.52. The number of aromatic amines is 1. The number of allylic oxidation sites excluding steroid dienone is 1. The van der Waals surface area contributed by atoms with Gasteiger partial charge in [0.15, 0.2) is 0 Å². The van der Waals surface area contributed by atoms with E-state index < -0.39 is 0 Å². The molecule has 3 nitrogen and oxygen atoms in total. The van der Waals surface area contributed by atoms with E-state index in [0.717, 1.165) is 27.6 Å². The summed E-state index contributed by atoms with van der Waals surface area (Å²) < 4.78 is 18.7. The van der Waals surface area contributed by atoms with E-state index in [2.05, 4.69) is 16.5 Å². The van der Waals surface area contributed by atoms with E-state index in [1.54, 1.807) is 19.2 Å². The van der Waals surface area contributed by atoms with Gasteiger partial charge >= 0.3 is 0 Å². The van der Waals surface area contributed by atoms with E-state index in [9.17, 15) is 4.39 Å². The number of fused-ring (bicyclic) bond motifs is 1. The van der Waals surface area contributed by atoms with Crippen LogP contribution in [0, 0.1) is 12.7 Å². The fourth-order valence-corrected chi connectivity index (χ4v) is 2.32. The molecule has 0 fully saturated rings. The van der Waals surface area contributed by atoms with Gasteiger partial charge in [0.1, 0.15) is 5.82 Å². The molecule has 4 heteroatoms. The first-order valence-corrected chi connectivity index (χ1v) is 6.61. The molecule has 0 atom stereocenters. The lowest BCUT2D eigenvalue weighted by atomic mass is 10.1. The summed E-state index contributed by atoms with van der Waals surface area (Å²) in [7, 11) is 0. The molecule has 0 saturated heterocycles. The van der Waals surface area contributed by atoms with Crippen molar-refractivity contribution in [1.82, 2.24) is 9.97 Å². The first kappa shape index (κ1) is 13.4. The Bertz CT molecular complexity index is 836. The fourth-order valence-electron chi connectivity index (χ4n) is 2.32. The van der Waals surface area contributed by atoms with Crippen LogP contribution < -0.4 is 4.74 Å². The minimum Gasteiger partial charge on any atom is -0.444 e. The van der Waals surface area contributed by atoms with Crippen LogP contribution in [0.3, 0.4) is 0 Å². The van der Waals surface area contributed by atoms with Crippen molar-refractivity contribution in [2.75, 3.05) is 0 Å². The Balaban J connectivity index is 2.06. The summed E-state index contributed by atoms with van der Waals surface area (Å²) in [5.74, 6) is 0.897. The number of aromatic nitrogens is 2. The van der Waals surface area contributed by atoms with Gasteiger partial charge in [0.2, 0.25) is 5.88 Å². The topological polar surface area (TPSA) is 37.9 Å². The first-order chi connectivity index (χ1) is 10.0. The number of nitrogens with zero attached hydrogens (tertiary/aromatic N) is 1. The second-order valence-electron chi connectivity index (χ2n) is 5.04. The Labute approximate surface area is 122 Å². The number of aryl methyl sites for hydroxylation is 1. The maximum atomic E-state index is 13.2. The predicted molar refractivity (Wildman–Crippen MR) is 81.7 cm³/mol. The van der Waals surface area contributed by atoms with Crippen molar-refractivity contribution in [3.63, 3.8) is 0 Å². The van der Waals surface area contributed by atoms with Crippen LogP contribution in [-0.2, 0) is 0 Å². The summed E-state index contributed by atoms with van der Waals surface area (Å²) in [5.41, 5.74) is 3.64. The second-order valence-corrected chi connectivity index (χ2v) is 5.04. The molecule has 0 bridgehead atoms. The number of H-pyrrole nitrogens is 1. The molecule has 0 amide bonds. The molecule has 106 valence electrons. The normalized spacial score (nSPS) is 10.8. The van der Waals surface area contributed by atoms with Crippen LogP contribution in [0.15, 0.2) is 49.0 Å². The zero-order chi connectivity index (χ0) is 15.0. The number of pyridine rings is 1. The molecule has 2 heterocycles. The lowest BCUT2D eigenvalue weighted by Crippen LogP contribution is -1.95. The number of nitrogens with one attached hydrogen (secondary N) is 1. The highest BCUT2D eigenvalue weighted by atomic mass is 19.1. The number of ether oxygens (including phenoxy) is 1. The van der Waals surface area contributed by atoms with Crippen LogP contribution in [0.4, 0.5) is 4.39 Å². The molecule has 0 radical (unpaired) electrons. The van der Waals surface area contributed by atoms with Gasteiger partial charge in [0.05, 0.1) is 5.76 Å². The number of benzene rings is 1. The van der Waals surface area contributed by atoms with Crippen molar-refractivity contribution in [2.24, 2.45) is 0 Å². The molecule has 0 spiro atoms. The predicted octanol–water partition coefficient (Wildman–Crippen LogP) is 4.59. The van der Waals surface area contributed by atoms with Crippen LogP contribution in [0.25, 0.3) is 22.0 Å². The average molecular weight is 282 g/mol. The largest absolute Gasteiger partial charge is 0.444 e. The lowest BCUT2D eigenvalue weighted by Gasteiger charge is -2.08. The summed E-state index contributed by atoms with van der Waals surface area (Å²) in [4.78, 5) is 7.41. The maximum Gasteiger partial charge on any atom is 0.221 e. The molecule has 3 aromatic rings. The van der Waals surface area contributed by atoms with Gasteiger partial charge in [0, 0.05) is 40.0 Å². The summed E-state index contributed by atoms with van der Waals surface area (Å²) >= 11 is 0. The Hall–Kier alpha value is -2.62. The van der Waals surface area contributed by atoms with Gasteiger partial charge in [-0.3, -0.25) is 0 Å². The van der Waals surface area contributed by atoms with Crippen molar-refractivity contribution in [2.45, 2.75) is 13.8 Å². The van der Waals surface area contributed by atoms with Crippen molar-refractivity contribution in [3.05, 3.63) is 60.4 Å². The number of hydrogen-bond donors (Lipinski definition) is 1. The first-order valence-electron chi connectivity index (χ1n) is 6.61. The monoisotopic (exact) mass is 282 g/mol. The van der Waals surface area contributed by atoms with E-state index in [0.29, 0.717) is 11.6 Å². The van der Waals surface area contributed by atoms with Gasteiger partial charge in [-0.15, -0.1) is 0 Å². The van der Waals surface area contributed by atoms with E-state index in [1.165, 1.54) is 12.1 Å². The van der Waals surface area contributed by atoms with Crippen molar-refractivity contribution >= 4 is 10.9 Å². The minimum atomic E-state index is -0.254. The highest BCUT2D eigenvalue weighted by molar-refractivity contribution is 5.95. The minimum absolute atomic E-state index is 0.254. The van der Waals surface area contributed by atoms with Crippen LogP contribution in [0.5, 0.6) is 5.88 Å². The van der Waals surface area contributed by atoms with Gasteiger partial charge in [0.25, 0.3) is 0 Å². The molecule has 1 N–H and O–H groups in total. The molecular formula is C17H15FN2O. The standard InChI is InChI=1S/C17H15FN2O/c1-10(2)21-17-11(3)6-12(8-20-17)15-9-19-16-7-13(18)4-5-14(15)16/h4-9,19H,1H2,2-3H3. The number of rotatable bonds is 3. The van der Waals surface area contributed by atoms with Crippen LogP contribution >= 0.6 is 0 Å². The van der Waals surface area contributed by atoms with E-state index >= 15 is 0 Å². The molecule has 21 heavy (non-hydrogen) atoms. The van der Waals surface area contributed by atoms with E-state index in [1.807, 2.05) is 19.2 Å². The number of halogens is 1. The Morgan fingerprint density at radius 3 is 2.86 bits per heavy atom. The van der Waals surface area contributed by atoms with Gasteiger partial charge in [-0.05, 0) is 38.1 Å². The van der Waals surface area contributed by atoms with Crippen molar-refractivity contribution < 1.29 is 9.13 Å². The molecule has 0 aliphatic carbocycles. The van der Waals surface area contributed by atoms with E-state index in [4.69, 9.17) is 4.74 Å². The lowest BCUT2D eigenvalue weighted by molar-refractivity contribution is 0.410. The highest BCUT2D eigenvalue weighted by Gasteiger charge is 2.10. The summed E-state index contributed by atoms with van der Waals surface area (Å²) in [5, 5.41) is 0.964. The van der Waals surface area contributed by atoms with Crippen LogP contribution in [-0.4, -0.2) is 9.97 Å².